The summed E-state index contributed by atoms with van der Waals surface area (Å²) in [6.07, 6.45) is 13.8. The van der Waals surface area contributed by atoms with Crippen molar-refractivity contribution in [1.29, 1.82) is 0 Å². The molecule has 0 aliphatic carbocycles. The van der Waals surface area contributed by atoms with Crippen LogP contribution < -0.4 is 0 Å². The van der Waals surface area contributed by atoms with Crippen LogP contribution in [0.1, 0.15) is 111 Å². The predicted octanol–water partition coefficient (Wildman–Crippen LogP) is 8.69. The van der Waals surface area contributed by atoms with Crippen LogP contribution in [0.15, 0.2) is 61.7 Å². The van der Waals surface area contributed by atoms with Crippen LogP contribution in [0.2, 0.25) is 0 Å². The van der Waals surface area contributed by atoms with Gasteiger partial charge in [-0.15, -0.1) is 0 Å². The number of hydrogen-bond acceptors (Lipinski definition) is 2. The maximum atomic E-state index is 10.9. The second kappa shape index (κ2) is 16.5. The molecule has 36 heavy (non-hydrogen) atoms. The summed E-state index contributed by atoms with van der Waals surface area (Å²) < 4.78 is 0. The number of hydrogen-bond donors (Lipinski definition) is 2. The fraction of sp³-hybridized carbons (Fsp3) is 0.438. The fourth-order valence-corrected chi connectivity index (χ4v) is 4.86. The standard InChI is InChI=1S/C32H42O4/c1-3-25-16-20-27(21-17-25)29(12-8-5-6-10-14-31(33)34)24-30(13-9-7-11-15-32(35)36)28-22-18-26(4-2)19-23-28/h3-4,16-23,29-30H,1-2,5-15,24H2,(H,33,34)(H,35,36). The number of carbonyl (C=O) groups is 2. The Morgan fingerprint density at radius 2 is 0.972 bits per heavy atom. The van der Waals surface area contributed by atoms with Gasteiger partial charge < -0.3 is 10.2 Å². The van der Waals surface area contributed by atoms with Crippen LogP contribution in [0, 0.1) is 0 Å². The molecule has 0 bridgehead atoms. The lowest BCUT2D eigenvalue weighted by atomic mass is 9.79. The monoisotopic (exact) mass is 490 g/mol. The molecule has 2 aromatic rings. The molecule has 2 aromatic carbocycles. The molecule has 194 valence electrons. The molecule has 0 aromatic heterocycles. The normalized spacial score (nSPS) is 12.6. The van der Waals surface area contributed by atoms with E-state index in [0.717, 1.165) is 75.3 Å². The Kier molecular flexibility index (Phi) is 13.3. The Morgan fingerprint density at radius 1 is 0.611 bits per heavy atom. The first kappa shape index (κ1) is 29.1. The van der Waals surface area contributed by atoms with E-state index in [4.69, 9.17) is 10.2 Å². The maximum Gasteiger partial charge on any atom is 0.303 e. The largest absolute Gasteiger partial charge is 0.481 e. The molecular weight excluding hydrogens is 448 g/mol. The van der Waals surface area contributed by atoms with E-state index in [1.165, 1.54) is 11.1 Å². The van der Waals surface area contributed by atoms with Crippen LogP contribution in [0.5, 0.6) is 0 Å². The Balaban J connectivity index is 2.13. The van der Waals surface area contributed by atoms with E-state index >= 15 is 0 Å². The lowest BCUT2D eigenvalue weighted by Gasteiger charge is -2.25. The zero-order valence-electron chi connectivity index (χ0n) is 21.5. The van der Waals surface area contributed by atoms with Gasteiger partial charge in [0, 0.05) is 12.8 Å². The Labute approximate surface area is 216 Å². The summed E-state index contributed by atoms with van der Waals surface area (Å²) >= 11 is 0. The molecule has 4 nitrogen and oxygen atoms in total. The van der Waals surface area contributed by atoms with E-state index in [2.05, 4.69) is 61.7 Å². The van der Waals surface area contributed by atoms with Gasteiger partial charge >= 0.3 is 11.9 Å². The Hall–Kier alpha value is -3.14. The minimum Gasteiger partial charge on any atom is -0.481 e. The van der Waals surface area contributed by atoms with Crippen molar-refractivity contribution in [3.8, 4) is 0 Å². The third-order valence-electron chi connectivity index (χ3n) is 6.99. The summed E-state index contributed by atoms with van der Waals surface area (Å²) in [6.45, 7) is 7.74. The van der Waals surface area contributed by atoms with Crippen LogP contribution in [0.4, 0.5) is 0 Å². The van der Waals surface area contributed by atoms with Crippen molar-refractivity contribution in [3.63, 3.8) is 0 Å². The van der Waals surface area contributed by atoms with Crippen LogP contribution >= 0.6 is 0 Å². The summed E-state index contributed by atoms with van der Waals surface area (Å²) in [5.41, 5.74) is 4.88. The van der Waals surface area contributed by atoms with Crippen molar-refractivity contribution >= 4 is 24.1 Å². The predicted molar refractivity (Wildman–Crippen MR) is 149 cm³/mol. The van der Waals surface area contributed by atoms with E-state index in [0.29, 0.717) is 11.8 Å². The molecule has 0 radical (unpaired) electrons. The molecule has 2 N–H and O–H groups in total. The first-order valence-electron chi connectivity index (χ1n) is 13.3. The first-order valence-corrected chi connectivity index (χ1v) is 13.3. The molecule has 4 heteroatoms. The van der Waals surface area contributed by atoms with Crippen molar-refractivity contribution in [2.24, 2.45) is 0 Å². The van der Waals surface area contributed by atoms with Gasteiger partial charge in [0.25, 0.3) is 0 Å². The van der Waals surface area contributed by atoms with Crippen LogP contribution in [-0.2, 0) is 9.59 Å². The molecule has 0 amide bonds. The van der Waals surface area contributed by atoms with Gasteiger partial charge in [-0.3, -0.25) is 9.59 Å². The third kappa shape index (κ3) is 11.1. The highest BCUT2D eigenvalue weighted by molar-refractivity contribution is 5.66. The molecule has 0 fully saturated rings. The summed E-state index contributed by atoms with van der Waals surface area (Å²) in [5, 5.41) is 17.8. The van der Waals surface area contributed by atoms with E-state index < -0.39 is 11.9 Å². The molecule has 2 atom stereocenters. The summed E-state index contributed by atoms with van der Waals surface area (Å²) in [7, 11) is 0. The maximum absolute atomic E-state index is 10.9. The Morgan fingerprint density at radius 3 is 1.33 bits per heavy atom. The molecular formula is C32H42O4. The molecule has 0 saturated carbocycles. The highest BCUT2D eigenvalue weighted by atomic mass is 16.4. The molecule has 2 unspecified atom stereocenters. The minimum absolute atomic E-state index is 0.235. The lowest BCUT2D eigenvalue weighted by Crippen LogP contribution is -2.08. The quantitative estimate of drug-likeness (QED) is 0.193. The van der Waals surface area contributed by atoms with Gasteiger partial charge in [0.05, 0.1) is 0 Å². The Bertz CT molecular complexity index is 943. The molecule has 0 heterocycles. The third-order valence-corrected chi connectivity index (χ3v) is 6.99. The van der Waals surface area contributed by atoms with Crippen molar-refractivity contribution in [3.05, 3.63) is 83.9 Å². The number of carboxylic acids is 2. The highest BCUT2D eigenvalue weighted by Gasteiger charge is 2.20. The summed E-state index contributed by atoms with van der Waals surface area (Å²) in [4.78, 5) is 21.7. The van der Waals surface area contributed by atoms with Crippen molar-refractivity contribution < 1.29 is 19.8 Å². The highest BCUT2D eigenvalue weighted by Crippen LogP contribution is 2.37. The number of unbranched alkanes of at least 4 members (excludes halogenated alkanes) is 5. The van der Waals surface area contributed by atoms with Gasteiger partial charge in [-0.05, 0) is 66.2 Å². The topological polar surface area (TPSA) is 74.6 Å². The zero-order valence-corrected chi connectivity index (χ0v) is 21.5. The molecule has 0 saturated heterocycles. The SMILES string of the molecule is C=Cc1ccc(C(CCCCCCC(=O)O)CC(CCCCCC(=O)O)c2ccc(C=C)cc2)cc1. The fourth-order valence-electron chi connectivity index (χ4n) is 4.86. The summed E-state index contributed by atoms with van der Waals surface area (Å²) in [5.74, 6) is -0.641. The average Bonchev–Trinajstić information content (AvgIpc) is 2.88. The van der Waals surface area contributed by atoms with Crippen molar-refractivity contribution in [1.82, 2.24) is 0 Å². The minimum atomic E-state index is -0.724. The molecule has 0 spiro atoms. The van der Waals surface area contributed by atoms with E-state index in [1.54, 1.807) is 0 Å². The van der Waals surface area contributed by atoms with E-state index in [-0.39, 0.29) is 12.8 Å². The van der Waals surface area contributed by atoms with Gasteiger partial charge in [-0.25, -0.2) is 0 Å². The number of benzene rings is 2. The van der Waals surface area contributed by atoms with E-state index in [9.17, 15) is 9.59 Å². The average molecular weight is 491 g/mol. The van der Waals surface area contributed by atoms with Gasteiger partial charge in [0.1, 0.15) is 0 Å². The van der Waals surface area contributed by atoms with Gasteiger partial charge in [-0.2, -0.15) is 0 Å². The summed E-state index contributed by atoms with van der Waals surface area (Å²) in [6, 6.07) is 17.4. The van der Waals surface area contributed by atoms with Gasteiger partial charge in [0.2, 0.25) is 0 Å². The molecule has 0 aliphatic rings. The molecule has 0 aliphatic heterocycles. The number of carboxylic acid groups (broad SMARTS) is 2. The molecule has 2 rings (SSSR count). The second-order valence-electron chi connectivity index (χ2n) is 9.71. The van der Waals surface area contributed by atoms with Crippen molar-refractivity contribution in [2.45, 2.75) is 88.9 Å². The first-order chi connectivity index (χ1) is 17.4. The second-order valence-corrected chi connectivity index (χ2v) is 9.71. The van der Waals surface area contributed by atoms with Crippen LogP contribution in [0.25, 0.3) is 12.2 Å². The number of rotatable bonds is 19. The smallest absolute Gasteiger partial charge is 0.303 e. The van der Waals surface area contributed by atoms with E-state index in [1.807, 2.05) is 12.2 Å². The number of aliphatic carboxylic acids is 2. The van der Waals surface area contributed by atoms with Gasteiger partial charge in [0.15, 0.2) is 0 Å². The van der Waals surface area contributed by atoms with Crippen LogP contribution in [-0.4, -0.2) is 22.2 Å². The van der Waals surface area contributed by atoms with Crippen LogP contribution in [0.3, 0.4) is 0 Å². The zero-order chi connectivity index (χ0) is 26.2. The van der Waals surface area contributed by atoms with Gasteiger partial charge in [-0.1, -0.05) is 106 Å². The lowest BCUT2D eigenvalue weighted by molar-refractivity contribution is -0.138. The van der Waals surface area contributed by atoms with Crippen molar-refractivity contribution in [2.75, 3.05) is 0 Å².